The van der Waals surface area contributed by atoms with Crippen molar-refractivity contribution in [1.29, 1.82) is 0 Å². The second-order valence-corrected chi connectivity index (χ2v) is 5.37. The standard InChI is InChI=1S/C15H20N4O2/c1-11(16-8-15-18-17-9-19(15)2)3-4-12-5-6-13-14(7-12)21-10-20-13/h5-7,9,11,16H,3-4,8,10H2,1-2H3. The van der Waals surface area contributed by atoms with Crippen LogP contribution in [0.25, 0.3) is 0 Å². The lowest BCUT2D eigenvalue weighted by Gasteiger charge is -2.13. The Kier molecular flexibility index (Phi) is 4.06. The van der Waals surface area contributed by atoms with Gasteiger partial charge in [0.1, 0.15) is 12.2 Å². The third-order valence-electron chi connectivity index (χ3n) is 3.72. The number of hydrogen-bond acceptors (Lipinski definition) is 5. The van der Waals surface area contributed by atoms with Gasteiger partial charge in [-0.05, 0) is 37.5 Å². The summed E-state index contributed by atoms with van der Waals surface area (Å²) in [4.78, 5) is 0. The molecule has 1 aliphatic heterocycles. The number of rotatable bonds is 6. The Hall–Kier alpha value is -2.08. The van der Waals surface area contributed by atoms with Crippen LogP contribution in [0, 0.1) is 0 Å². The van der Waals surface area contributed by atoms with Crippen molar-refractivity contribution in [2.75, 3.05) is 6.79 Å². The van der Waals surface area contributed by atoms with Crippen LogP contribution in [0.4, 0.5) is 0 Å². The van der Waals surface area contributed by atoms with Gasteiger partial charge in [-0.15, -0.1) is 10.2 Å². The first-order valence-corrected chi connectivity index (χ1v) is 7.17. The Morgan fingerprint density at radius 2 is 2.19 bits per heavy atom. The monoisotopic (exact) mass is 288 g/mol. The van der Waals surface area contributed by atoms with Gasteiger partial charge in [-0.2, -0.15) is 0 Å². The summed E-state index contributed by atoms with van der Waals surface area (Å²) in [5.74, 6) is 2.64. The number of fused-ring (bicyclic) bond motifs is 1. The van der Waals surface area contributed by atoms with Crippen molar-refractivity contribution in [2.24, 2.45) is 7.05 Å². The number of nitrogens with one attached hydrogen (secondary N) is 1. The highest BCUT2D eigenvalue weighted by molar-refractivity contribution is 5.44. The van der Waals surface area contributed by atoms with Crippen molar-refractivity contribution in [3.8, 4) is 11.5 Å². The van der Waals surface area contributed by atoms with E-state index in [1.807, 2.05) is 17.7 Å². The summed E-state index contributed by atoms with van der Waals surface area (Å²) in [6.45, 7) is 3.25. The van der Waals surface area contributed by atoms with Crippen molar-refractivity contribution >= 4 is 0 Å². The van der Waals surface area contributed by atoms with E-state index in [1.165, 1.54) is 5.56 Å². The molecule has 0 saturated heterocycles. The number of aromatic nitrogens is 3. The minimum absolute atomic E-state index is 0.328. The number of hydrogen-bond donors (Lipinski definition) is 1. The minimum atomic E-state index is 0.328. The van der Waals surface area contributed by atoms with Gasteiger partial charge in [0, 0.05) is 13.1 Å². The molecule has 2 aromatic rings. The number of aryl methyl sites for hydroxylation is 2. The van der Waals surface area contributed by atoms with Crippen LogP contribution in [-0.4, -0.2) is 27.6 Å². The summed E-state index contributed by atoms with van der Waals surface area (Å²) in [5, 5.41) is 11.4. The Labute approximate surface area is 124 Å². The Bertz CT molecular complexity index is 611. The van der Waals surface area contributed by atoms with Crippen LogP contribution < -0.4 is 14.8 Å². The molecular weight excluding hydrogens is 268 g/mol. The SMILES string of the molecule is CC(CCc1ccc2c(c1)OCO2)NCc1nncn1C. The maximum absolute atomic E-state index is 5.40. The van der Waals surface area contributed by atoms with Crippen LogP contribution in [0.5, 0.6) is 11.5 Å². The summed E-state index contributed by atoms with van der Waals surface area (Å²) < 4.78 is 12.6. The smallest absolute Gasteiger partial charge is 0.231 e. The molecule has 6 nitrogen and oxygen atoms in total. The molecule has 3 rings (SSSR count). The zero-order valence-electron chi connectivity index (χ0n) is 12.4. The van der Waals surface area contributed by atoms with Crippen molar-refractivity contribution in [3.05, 3.63) is 35.9 Å². The van der Waals surface area contributed by atoms with Crippen LogP contribution in [0.3, 0.4) is 0 Å². The first-order valence-electron chi connectivity index (χ1n) is 7.17. The number of ether oxygens (including phenoxy) is 2. The van der Waals surface area contributed by atoms with E-state index in [0.29, 0.717) is 12.8 Å². The van der Waals surface area contributed by atoms with Crippen LogP contribution in [0.2, 0.25) is 0 Å². The van der Waals surface area contributed by atoms with E-state index in [9.17, 15) is 0 Å². The van der Waals surface area contributed by atoms with E-state index < -0.39 is 0 Å². The van der Waals surface area contributed by atoms with Gasteiger partial charge in [0.05, 0.1) is 6.54 Å². The molecular formula is C15H20N4O2. The Morgan fingerprint density at radius 1 is 1.33 bits per heavy atom. The molecule has 0 spiro atoms. The predicted octanol–water partition coefficient (Wildman–Crippen LogP) is 1.65. The second-order valence-electron chi connectivity index (χ2n) is 5.37. The number of benzene rings is 1. The largest absolute Gasteiger partial charge is 0.454 e. The third-order valence-corrected chi connectivity index (χ3v) is 3.72. The zero-order chi connectivity index (χ0) is 14.7. The summed E-state index contributed by atoms with van der Waals surface area (Å²) in [5.41, 5.74) is 1.27. The lowest BCUT2D eigenvalue weighted by Crippen LogP contribution is -2.27. The van der Waals surface area contributed by atoms with Gasteiger partial charge < -0.3 is 19.4 Å². The Balaban J connectivity index is 1.47. The average molecular weight is 288 g/mol. The van der Waals surface area contributed by atoms with Crippen molar-refractivity contribution < 1.29 is 9.47 Å². The van der Waals surface area contributed by atoms with Gasteiger partial charge in [0.15, 0.2) is 11.5 Å². The summed E-state index contributed by atoms with van der Waals surface area (Å²) in [7, 11) is 1.95. The molecule has 1 aromatic heterocycles. The normalized spacial score (nSPS) is 14.4. The van der Waals surface area contributed by atoms with Gasteiger partial charge in [-0.3, -0.25) is 0 Å². The highest BCUT2D eigenvalue weighted by Crippen LogP contribution is 2.32. The fourth-order valence-corrected chi connectivity index (χ4v) is 2.31. The molecule has 6 heteroatoms. The molecule has 21 heavy (non-hydrogen) atoms. The van der Waals surface area contributed by atoms with Gasteiger partial charge in [0.25, 0.3) is 0 Å². The third kappa shape index (κ3) is 3.33. The topological polar surface area (TPSA) is 61.2 Å². The zero-order valence-corrected chi connectivity index (χ0v) is 12.4. The molecule has 1 aromatic carbocycles. The molecule has 0 fully saturated rings. The van der Waals surface area contributed by atoms with E-state index in [-0.39, 0.29) is 0 Å². The highest BCUT2D eigenvalue weighted by Gasteiger charge is 2.13. The lowest BCUT2D eigenvalue weighted by atomic mass is 10.1. The maximum atomic E-state index is 5.40. The van der Waals surface area contributed by atoms with E-state index in [4.69, 9.17) is 9.47 Å². The maximum Gasteiger partial charge on any atom is 0.231 e. The predicted molar refractivity (Wildman–Crippen MR) is 78.2 cm³/mol. The second kappa shape index (κ2) is 6.13. The summed E-state index contributed by atoms with van der Waals surface area (Å²) in [6, 6.07) is 6.56. The van der Waals surface area contributed by atoms with Crippen molar-refractivity contribution in [1.82, 2.24) is 20.1 Å². The average Bonchev–Trinajstić information content (AvgIpc) is 3.11. The van der Waals surface area contributed by atoms with Crippen LogP contribution in [0.15, 0.2) is 24.5 Å². The van der Waals surface area contributed by atoms with Crippen LogP contribution in [-0.2, 0) is 20.0 Å². The molecule has 1 atom stereocenters. The van der Waals surface area contributed by atoms with Crippen LogP contribution in [0.1, 0.15) is 24.7 Å². The molecule has 1 unspecified atom stereocenters. The molecule has 0 bridgehead atoms. The minimum Gasteiger partial charge on any atom is -0.454 e. The lowest BCUT2D eigenvalue weighted by molar-refractivity contribution is 0.174. The first kappa shape index (κ1) is 13.9. The number of nitrogens with zero attached hydrogens (tertiary/aromatic N) is 3. The molecule has 0 saturated carbocycles. The van der Waals surface area contributed by atoms with Gasteiger partial charge >= 0.3 is 0 Å². The molecule has 1 aliphatic rings. The van der Waals surface area contributed by atoms with E-state index in [1.54, 1.807) is 6.33 Å². The summed E-state index contributed by atoms with van der Waals surface area (Å²) in [6.07, 6.45) is 3.77. The van der Waals surface area contributed by atoms with Crippen LogP contribution >= 0.6 is 0 Å². The van der Waals surface area contributed by atoms with E-state index in [2.05, 4.69) is 34.6 Å². The van der Waals surface area contributed by atoms with Gasteiger partial charge in [-0.1, -0.05) is 6.07 Å². The Morgan fingerprint density at radius 3 is 3.00 bits per heavy atom. The van der Waals surface area contributed by atoms with E-state index in [0.717, 1.165) is 36.7 Å². The highest BCUT2D eigenvalue weighted by atomic mass is 16.7. The molecule has 0 aliphatic carbocycles. The quantitative estimate of drug-likeness (QED) is 0.876. The van der Waals surface area contributed by atoms with Gasteiger partial charge in [-0.25, -0.2) is 0 Å². The van der Waals surface area contributed by atoms with Gasteiger partial charge in [0.2, 0.25) is 6.79 Å². The summed E-state index contributed by atoms with van der Waals surface area (Å²) >= 11 is 0. The van der Waals surface area contributed by atoms with Crippen molar-refractivity contribution in [2.45, 2.75) is 32.4 Å². The molecule has 1 N–H and O–H groups in total. The molecule has 2 heterocycles. The van der Waals surface area contributed by atoms with E-state index >= 15 is 0 Å². The first-order chi connectivity index (χ1) is 10.2. The molecule has 0 radical (unpaired) electrons. The molecule has 0 amide bonds. The van der Waals surface area contributed by atoms with Crippen molar-refractivity contribution in [3.63, 3.8) is 0 Å². The molecule has 112 valence electrons. The fraction of sp³-hybridized carbons (Fsp3) is 0.467. The fourth-order valence-electron chi connectivity index (χ4n) is 2.31.